The smallest absolute Gasteiger partial charge is 0.260 e. The topological polar surface area (TPSA) is 68.5 Å². The number of benzene rings is 2. The van der Waals surface area contributed by atoms with E-state index in [1.54, 1.807) is 29.2 Å². The Bertz CT molecular complexity index is 939. The quantitative estimate of drug-likeness (QED) is 0.458. The highest BCUT2D eigenvalue weighted by molar-refractivity contribution is 6.30. The van der Waals surface area contributed by atoms with Crippen molar-refractivity contribution in [3.63, 3.8) is 0 Å². The van der Waals surface area contributed by atoms with E-state index in [9.17, 15) is 4.79 Å². The molecular formula is C23H26ClN3O3. The van der Waals surface area contributed by atoms with Crippen molar-refractivity contribution in [1.82, 2.24) is 15.0 Å². The highest BCUT2D eigenvalue weighted by Gasteiger charge is 2.16. The van der Waals surface area contributed by atoms with Crippen LogP contribution in [0, 0.1) is 6.92 Å². The molecule has 0 N–H and O–H groups in total. The Hall–Kier alpha value is -2.86. The summed E-state index contributed by atoms with van der Waals surface area (Å²) in [4.78, 5) is 18.9. The normalized spacial score (nSPS) is 10.8. The van der Waals surface area contributed by atoms with Crippen LogP contribution >= 0.6 is 11.6 Å². The second-order valence-electron chi connectivity index (χ2n) is 7.10. The second kappa shape index (κ2) is 10.8. The number of hydrogen-bond donors (Lipinski definition) is 0. The Morgan fingerprint density at radius 1 is 1.10 bits per heavy atom. The standard InChI is InChI=1S/C23H26ClN3O3/c1-3-4-14-27(22(28)16-29-20-11-9-19(24)10-12-20)15-13-21-25-23(26-30-21)18-7-5-17(2)6-8-18/h5-12H,3-4,13-16H2,1-2H3. The van der Waals surface area contributed by atoms with Crippen molar-refractivity contribution in [2.45, 2.75) is 33.1 Å². The van der Waals surface area contributed by atoms with Gasteiger partial charge in [-0.25, -0.2) is 0 Å². The van der Waals surface area contributed by atoms with Gasteiger partial charge in [-0.05, 0) is 37.6 Å². The van der Waals surface area contributed by atoms with Crippen molar-refractivity contribution >= 4 is 17.5 Å². The number of aryl methyl sites for hydroxylation is 1. The largest absolute Gasteiger partial charge is 0.484 e. The number of amides is 1. The molecule has 0 unspecified atom stereocenters. The summed E-state index contributed by atoms with van der Waals surface area (Å²) in [7, 11) is 0. The number of carbonyl (C=O) groups excluding carboxylic acids is 1. The predicted molar refractivity (Wildman–Crippen MR) is 117 cm³/mol. The minimum Gasteiger partial charge on any atom is -0.484 e. The molecule has 0 bridgehead atoms. The average molecular weight is 428 g/mol. The molecule has 158 valence electrons. The van der Waals surface area contributed by atoms with Gasteiger partial charge in [0.25, 0.3) is 5.91 Å². The first kappa shape index (κ1) is 21.8. The van der Waals surface area contributed by atoms with Crippen LogP contribution < -0.4 is 4.74 Å². The van der Waals surface area contributed by atoms with Crippen LogP contribution in [0.3, 0.4) is 0 Å². The van der Waals surface area contributed by atoms with Crippen LogP contribution in [0.15, 0.2) is 53.1 Å². The molecule has 7 heteroatoms. The van der Waals surface area contributed by atoms with E-state index in [0.29, 0.717) is 42.0 Å². The molecule has 1 amide bonds. The summed E-state index contributed by atoms with van der Waals surface area (Å²) in [5, 5.41) is 4.69. The lowest BCUT2D eigenvalue weighted by atomic mass is 10.1. The number of ether oxygens (including phenoxy) is 1. The van der Waals surface area contributed by atoms with Gasteiger partial charge in [0, 0.05) is 30.1 Å². The lowest BCUT2D eigenvalue weighted by Crippen LogP contribution is -2.37. The Morgan fingerprint density at radius 3 is 2.53 bits per heavy atom. The summed E-state index contributed by atoms with van der Waals surface area (Å²) < 4.78 is 11.0. The van der Waals surface area contributed by atoms with E-state index < -0.39 is 0 Å². The summed E-state index contributed by atoms with van der Waals surface area (Å²) in [6, 6.07) is 14.9. The fraction of sp³-hybridized carbons (Fsp3) is 0.348. The third kappa shape index (κ3) is 6.32. The Balaban J connectivity index is 1.57. The Labute approximate surface area is 181 Å². The molecule has 0 atom stereocenters. The van der Waals surface area contributed by atoms with E-state index in [-0.39, 0.29) is 12.5 Å². The van der Waals surface area contributed by atoms with E-state index in [2.05, 4.69) is 17.1 Å². The molecule has 0 radical (unpaired) electrons. The summed E-state index contributed by atoms with van der Waals surface area (Å²) >= 11 is 5.88. The van der Waals surface area contributed by atoms with Crippen LogP contribution in [0.4, 0.5) is 0 Å². The van der Waals surface area contributed by atoms with Crippen molar-refractivity contribution in [1.29, 1.82) is 0 Å². The molecular weight excluding hydrogens is 402 g/mol. The summed E-state index contributed by atoms with van der Waals surface area (Å²) in [5.74, 6) is 1.61. The number of hydrogen-bond acceptors (Lipinski definition) is 5. The van der Waals surface area contributed by atoms with Crippen LogP contribution in [0.5, 0.6) is 5.75 Å². The summed E-state index contributed by atoms with van der Waals surface area (Å²) in [6.45, 7) is 5.27. The molecule has 1 aromatic heterocycles. The van der Waals surface area contributed by atoms with Crippen LogP contribution in [-0.4, -0.2) is 40.6 Å². The van der Waals surface area contributed by atoms with Gasteiger partial charge < -0.3 is 14.2 Å². The van der Waals surface area contributed by atoms with Gasteiger partial charge in [-0.1, -0.05) is 59.9 Å². The molecule has 1 heterocycles. The first-order valence-corrected chi connectivity index (χ1v) is 10.5. The molecule has 0 aliphatic carbocycles. The number of nitrogens with zero attached hydrogens (tertiary/aromatic N) is 3. The van der Waals surface area contributed by atoms with Gasteiger partial charge in [0.1, 0.15) is 5.75 Å². The third-order valence-corrected chi connectivity index (χ3v) is 4.94. The van der Waals surface area contributed by atoms with Gasteiger partial charge in [-0.15, -0.1) is 0 Å². The minimum absolute atomic E-state index is 0.0240. The van der Waals surface area contributed by atoms with Crippen molar-refractivity contribution in [3.8, 4) is 17.1 Å². The van der Waals surface area contributed by atoms with Gasteiger partial charge in [0.05, 0.1) is 0 Å². The predicted octanol–water partition coefficient (Wildman–Crippen LogP) is 4.95. The first-order chi connectivity index (χ1) is 14.5. The van der Waals surface area contributed by atoms with E-state index in [4.69, 9.17) is 20.9 Å². The lowest BCUT2D eigenvalue weighted by Gasteiger charge is -2.22. The molecule has 0 fully saturated rings. The second-order valence-corrected chi connectivity index (χ2v) is 7.54. The average Bonchev–Trinajstić information content (AvgIpc) is 3.23. The Morgan fingerprint density at radius 2 is 1.83 bits per heavy atom. The van der Waals surface area contributed by atoms with Gasteiger partial charge in [0.2, 0.25) is 11.7 Å². The third-order valence-electron chi connectivity index (χ3n) is 4.68. The van der Waals surface area contributed by atoms with E-state index in [0.717, 1.165) is 18.4 Å². The Kier molecular flexibility index (Phi) is 7.85. The van der Waals surface area contributed by atoms with Gasteiger partial charge in [-0.3, -0.25) is 4.79 Å². The van der Waals surface area contributed by atoms with Crippen LogP contribution in [0.25, 0.3) is 11.4 Å². The van der Waals surface area contributed by atoms with Crippen molar-refractivity contribution in [2.75, 3.05) is 19.7 Å². The number of halogens is 1. The van der Waals surface area contributed by atoms with Gasteiger partial charge >= 0.3 is 0 Å². The van der Waals surface area contributed by atoms with Crippen LogP contribution in [0.2, 0.25) is 5.02 Å². The van der Waals surface area contributed by atoms with E-state index in [1.807, 2.05) is 31.2 Å². The molecule has 6 nitrogen and oxygen atoms in total. The van der Waals surface area contributed by atoms with Gasteiger partial charge in [-0.2, -0.15) is 4.98 Å². The van der Waals surface area contributed by atoms with Gasteiger partial charge in [0.15, 0.2) is 6.61 Å². The summed E-state index contributed by atoms with van der Waals surface area (Å²) in [5.41, 5.74) is 2.08. The minimum atomic E-state index is -0.0725. The molecule has 0 spiro atoms. The zero-order chi connectivity index (χ0) is 21.3. The SMILES string of the molecule is CCCCN(CCc1nc(-c2ccc(C)cc2)no1)C(=O)COc1ccc(Cl)cc1. The van der Waals surface area contributed by atoms with E-state index >= 15 is 0 Å². The zero-order valence-electron chi connectivity index (χ0n) is 17.3. The summed E-state index contributed by atoms with van der Waals surface area (Å²) in [6.07, 6.45) is 2.42. The first-order valence-electron chi connectivity index (χ1n) is 10.1. The van der Waals surface area contributed by atoms with Crippen molar-refractivity contribution in [3.05, 3.63) is 65.0 Å². The molecule has 30 heavy (non-hydrogen) atoms. The van der Waals surface area contributed by atoms with E-state index in [1.165, 1.54) is 5.56 Å². The molecule has 0 saturated heterocycles. The number of unbranched alkanes of at least 4 members (excludes halogenated alkanes) is 1. The monoisotopic (exact) mass is 427 g/mol. The maximum Gasteiger partial charge on any atom is 0.260 e. The molecule has 2 aromatic carbocycles. The number of carbonyl (C=O) groups is 1. The van der Waals surface area contributed by atoms with Crippen molar-refractivity contribution < 1.29 is 14.1 Å². The molecule has 0 saturated carbocycles. The molecule has 0 aliphatic heterocycles. The van der Waals surface area contributed by atoms with Crippen LogP contribution in [0.1, 0.15) is 31.2 Å². The van der Waals surface area contributed by atoms with Crippen molar-refractivity contribution in [2.24, 2.45) is 0 Å². The number of aromatic nitrogens is 2. The molecule has 0 aliphatic rings. The highest BCUT2D eigenvalue weighted by atomic mass is 35.5. The van der Waals surface area contributed by atoms with Crippen LogP contribution in [-0.2, 0) is 11.2 Å². The zero-order valence-corrected chi connectivity index (χ0v) is 18.1. The lowest BCUT2D eigenvalue weighted by molar-refractivity contribution is -0.133. The highest BCUT2D eigenvalue weighted by Crippen LogP contribution is 2.17. The number of rotatable bonds is 10. The molecule has 3 rings (SSSR count). The fourth-order valence-corrected chi connectivity index (χ4v) is 3.01. The maximum absolute atomic E-state index is 12.7. The molecule has 3 aromatic rings. The maximum atomic E-state index is 12.7. The fourth-order valence-electron chi connectivity index (χ4n) is 2.88.